The van der Waals surface area contributed by atoms with Crippen LogP contribution >= 0.6 is 0 Å². The molecule has 0 aromatic heterocycles. The Labute approximate surface area is 114 Å². The normalized spacial score (nSPS) is 25.7. The summed E-state index contributed by atoms with van der Waals surface area (Å²) in [5.41, 5.74) is 5.40. The number of hydrogen-bond donors (Lipinski definition) is 3. The number of carboxylic acid groups (broad SMARTS) is 1. The van der Waals surface area contributed by atoms with Gasteiger partial charge >= 0.3 is 5.97 Å². The zero-order valence-electron chi connectivity index (χ0n) is 11.1. The van der Waals surface area contributed by atoms with E-state index in [4.69, 9.17) is 22.0 Å². The number of ether oxygens (including phenoxy) is 1. The minimum Gasteiger partial charge on any atom is -0.480 e. The van der Waals surface area contributed by atoms with Gasteiger partial charge in [0, 0.05) is 6.61 Å². The maximum atomic E-state index is 10.5. The molecule has 5 heteroatoms. The van der Waals surface area contributed by atoms with E-state index in [1.807, 2.05) is 0 Å². The van der Waals surface area contributed by atoms with Crippen LogP contribution in [0.25, 0.3) is 0 Å². The van der Waals surface area contributed by atoms with Gasteiger partial charge in [0.15, 0.2) is 0 Å². The molecule has 1 aliphatic rings. The van der Waals surface area contributed by atoms with Gasteiger partial charge in [-0.3, -0.25) is 4.79 Å². The van der Waals surface area contributed by atoms with E-state index in [-0.39, 0.29) is 12.0 Å². The molecule has 0 unspecified atom stereocenters. The summed E-state index contributed by atoms with van der Waals surface area (Å²) < 4.78 is 5.45. The molecule has 0 aliphatic carbocycles. The van der Waals surface area contributed by atoms with E-state index in [0.717, 1.165) is 25.7 Å². The maximum absolute atomic E-state index is 10.5. The van der Waals surface area contributed by atoms with Crippen molar-refractivity contribution in [1.29, 1.82) is 0 Å². The molecule has 4 atom stereocenters. The summed E-state index contributed by atoms with van der Waals surface area (Å²) in [6.45, 7) is 0.615. The minimum absolute atomic E-state index is 0.00966. The third-order valence-electron chi connectivity index (χ3n) is 3.56. The van der Waals surface area contributed by atoms with Crippen LogP contribution in [0.5, 0.6) is 0 Å². The molecule has 5 nitrogen and oxygen atoms in total. The molecule has 1 heterocycles. The number of aliphatic hydroxyl groups is 1. The average Bonchev–Trinajstić information content (AvgIpc) is 2.85. The van der Waals surface area contributed by atoms with Crippen molar-refractivity contribution in [2.24, 2.45) is 11.7 Å². The van der Waals surface area contributed by atoms with Gasteiger partial charge in [-0.25, -0.2) is 0 Å². The number of terminal acetylenes is 1. The molecule has 0 aromatic rings. The quantitative estimate of drug-likeness (QED) is 0.446. The number of nitrogens with two attached hydrogens (primary N) is 1. The fraction of sp³-hybridized carbons (Fsp3) is 0.786. The summed E-state index contributed by atoms with van der Waals surface area (Å²) in [6, 6.07) is -0.783. The summed E-state index contributed by atoms with van der Waals surface area (Å²) in [4.78, 5) is 10.5. The molecule has 0 saturated carbocycles. The maximum Gasteiger partial charge on any atom is 0.320 e. The van der Waals surface area contributed by atoms with E-state index >= 15 is 0 Å². The topological polar surface area (TPSA) is 92.8 Å². The molecule has 0 bridgehead atoms. The van der Waals surface area contributed by atoms with E-state index in [9.17, 15) is 9.90 Å². The van der Waals surface area contributed by atoms with Crippen LogP contribution in [-0.2, 0) is 9.53 Å². The molecule has 4 N–H and O–H groups in total. The number of aliphatic carboxylic acids is 1. The van der Waals surface area contributed by atoms with Crippen LogP contribution in [0.15, 0.2) is 0 Å². The summed E-state index contributed by atoms with van der Waals surface area (Å²) in [7, 11) is 0. The van der Waals surface area contributed by atoms with Gasteiger partial charge in [0.25, 0.3) is 0 Å². The smallest absolute Gasteiger partial charge is 0.320 e. The first-order chi connectivity index (χ1) is 9.06. The van der Waals surface area contributed by atoms with E-state index in [1.54, 1.807) is 0 Å². The molecule has 1 rings (SSSR count). The van der Waals surface area contributed by atoms with Crippen LogP contribution in [0.4, 0.5) is 0 Å². The Morgan fingerprint density at radius 1 is 1.42 bits per heavy atom. The Hall–Kier alpha value is -1.09. The number of aliphatic hydroxyl groups excluding tert-OH is 1. The SMILES string of the molecule is C#C[C@@H]1CCO[C@H]1[C@@H](O)CCCCC[C@H](N)C(=O)O. The van der Waals surface area contributed by atoms with Crippen molar-refractivity contribution in [2.75, 3.05) is 6.61 Å². The molecule has 1 aliphatic heterocycles. The van der Waals surface area contributed by atoms with E-state index in [2.05, 4.69) is 5.92 Å². The van der Waals surface area contributed by atoms with Crippen LogP contribution < -0.4 is 5.73 Å². The van der Waals surface area contributed by atoms with E-state index in [0.29, 0.717) is 19.4 Å². The van der Waals surface area contributed by atoms with E-state index < -0.39 is 18.1 Å². The van der Waals surface area contributed by atoms with Gasteiger partial charge in [0.2, 0.25) is 0 Å². The summed E-state index contributed by atoms with van der Waals surface area (Å²) in [5.74, 6) is 1.70. The van der Waals surface area contributed by atoms with Gasteiger partial charge in [0.1, 0.15) is 6.04 Å². The fourth-order valence-electron chi connectivity index (χ4n) is 2.35. The predicted molar refractivity (Wildman–Crippen MR) is 71.4 cm³/mol. The summed E-state index contributed by atoms with van der Waals surface area (Å²) in [5, 5.41) is 18.6. The first-order valence-electron chi connectivity index (χ1n) is 6.80. The van der Waals surface area contributed by atoms with Crippen LogP contribution in [0.1, 0.15) is 38.5 Å². The van der Waals surface area contributed by atoms with Gasteiger partial charge in [-0.15, -0.1) is 12.3 Å². The molecule has 0 aromatic carbocycles. The van der Waals surface area contributed by atoms with Crippen LogP contribution in [-0.4, -0.2) is 41.0 Å². The van der Waals surface area contributed by atoms with Crippen LogP contribution in [0.3, 0.4) is 0 Å². The number of carboxylic acids is 1. The van der Waals surface area contributed by atoms with Crippen molar-refractivity contribution >= 4 is 5.97 Å². The van der Waals surface area contributed by atoms with Crippen molar-refractivity contribution in [3.8, 4) is 12.3 Å². The molecule has 0 amide bonds. The van der Waals surface area contributed by atoms with Gasteiger partial charge in [0.05, 0.1) is 18.1 Å². The van der Waals surface area contributed by atoms with Crippen molar-refractivity contribution in [2.45, 2.75) is 56.8 Å². The molecular formula is C14H23NO4. The Balaban J connectivity index is 2.12. The highest BCUT2D eigenvalue weighted by Gasteiger charge is 2.32. The first kappa shape index (κ1) is 16.0. The number of unbranched alkanes of at least 4 members (excludes halogenated alkanes) is 2. The first-order valence-corrected chi connectivity index (χ1v) is 6.80. The lowest BCUT2D eigenvalue weighted by atomic mass is 9.95. The number of carbonyl (C=O) groups is 1. The summed E-state index contributed by atoms with van der Waals surface area (Å²) >= 11 is 0. The summed E-state index contributed by atoms with van der Waals surface area (Å²) in [6.07, 6.45) is 8.96. The Bertz CT molecular complexity index is 326. The third-order valence-corrected chi connectivity index (χ3v) is 3.56. The lowest BCUT2D eigenvalue weighted by Crippen LogP contribution is -2.31. The van der Waals surface area contributed by atoms with Gasteiger partial charge < -0.3 is 20.7 Å². The average molecular weight is 269 g/mol. The van der Waals surface area contributed by atoms with Gasteiger partial charge in [-0.05, 0) is 19.3 Å². The lowest BCUT2D eigenvalue weighted by molar-refractivity contribution is -0.138. The van der Waals surface area contributed by atoms with Crippen molar-refractivity contribution < 1.29 is 19.7 Å². The number of rotatable bonds is 8. The Morgan fingerprint density at radius 2 is 2.11 bits per heavy atom. The highest BCUT2D eigenvalue weighted by atomic mass is 16.5. The highest BCUT2D eigenvalue weighted by molar-refractivity contribution is 5.72. The van der Waals surface area contributed by atoms with Crippen LogP contribution in [0.2, 0.25) is 0 Å². The molecule has 1 saturated heterocycles. The second kappa shape index (κ2) is 8.16. The Morgan fingerprint density at radius 3 is 2.74 bits per heavy atom. The fourth-order valence-corrected chi connectivity index (χ4v) is 2.35. The standard InChI is InChI=1S/C14H23NO4/c1-2-10-8-9-19-13(10)12(16)7-5-3-4-6-11(15)14(17)18/h1,10-13,16H,3-9,15H2,(H,17,18)/t10-,11+,12+,13-/m1/s1. The predicted octanol–water partition coefficient (Wildman–Crippen LogP) is 0.748. The van der Waals surface area contributed by atoms with E-state index in [1.165, 1.54) is 0 Å². The molecule has 19 heavy (non-hydrogen) atoms. The molecule has 108 valence electrons. The zero-order valence-corrected chi connectivity index (χ0v) is 11.1. The van der Waals surface area contributed by atoms with Crippen molar-refractivity contribution in [1.82, 2.24) is 0 Å². The van der Waals surface area contributed by atoms with Crippen LogP contribution in [0, 0.1) is 18.3 Å². The third kappa shape index (κ3) is 5.19. The monoisotopic (exact) mass is 269 g/mol. The second-order valence-electron chi connectivity index (χ2n) is 5.05. The molecule has 0 radical (unpaired) electrons. The zero-order chi connectivity index (χ0) is 14.3. The van der Waals surface area contributed by atoms with Crippen molar-refractivity contribution in [3.05, 3.63) is 0 Å². The Kier molecular flexibility index (Phi) is 6.85. The lowest BCUT2D eigenvalue weighted by Gasteiger charge is -2.20. The largest absolute Gasteiger partial charge is 0.480 e. The molecule has 0 spiro atoms. The van der Waals surface area contributed by atoms with Gasteiger partial charge in [-0.2, -0.15) is 0 Å². The number of hydrogen-bond acceptors (Lipinski definition) is 4. The molecule has 1 fully saturated rings. The minimum atomic E-state index is -0.962. The van der Waals surface area contributed by atoms with Crippen molar-refractivity contribution in [3.63, 3.8) is 0 Å². The molecular weight excluding hydrogens is 246 g/mol. The second-order valence-corrected chi connectivity index (χ2v) is 5.05. The highest BCUT2D eigenvalue weighted by Crippen LogP contribution is 2.25. The van der Waals surface area contributed by atoms with Gasteiger partial charge in [-0.1, -0.05) is 19.3 Å².